The Hall–Kier alpha value is -6.75. The summed E-state index contributed by atoms with van der Waals surface area (Å²) in [5.74, 6) is 0. The molecule has 0 unspecified atom stereocenters. The molecule has 0 radical (unpaired) electrons. The Kier molecular flexibility index (Phi) is 5.93. The summed E-state index contributed by atoms with van der Waals surface area (Å²) in [6, 6.07) is 64.2. The van der Waals surface area contributed by atoms with Crippen LogP contribution in [0.5, 0.6) is 0 Å². The van der Waals surface area contributed by atoms with Crippen molar-refractivity contribution in [1.29, 1.82) is 0 Å². The number of benzene rings is 8. The van der Waals surface area contributed by atoms with Crippen molar-refractivity contribution in [2.45, 2.75) is 0 Å². The van der Waals surface area contributed by atoms with Crippen molar-refractivity contribution in [3.63, 3.8) is 0 Å². The predicted molar refractivity (Wildman–Crippen MR) is 226 cm³/mol. The molecule has 0 saturated heterocycles. The molecule has 246 valence electrons. The first kappa shape index (κ1) is 28.9. The summed E-state index contributed by atoms with van der Waals surface area (Å²) in [5, 5.41) is 9.86. The minimum atomic E-state index is 1.01. The van der Waals surface area contributed by atoms with Crippen LogP contribution in [0.3, 0.4) is 0 Å². The van der Waals surface area contributed by atoms with Gasteiger partial charge in [0.2, 0.25) is 0 Å². The summed E-state index contributed by atoms with van der Waals surface area (Å²) < 4.78 is 7.40. The number of fused-ring (bicyclic) bond motifs is 12. The van der Waals surface area contributed by atoms with E-state index in [0.29, 0.717) is 0 Å². The summed E-state index contributed by atoms with van der Waals surface area (Å²) in [7, 11) is 0. The smallest absolute Gasteiger partial charge is 0.0917 e. The van der Waals surface area contributed by atoms with Crippen LogP contribution in [0.2, 0.25) is 0 Å². The quantitative estimate of drug-likeness (QED) is 0.181. The van der Waals surface area contributed by atoms with E-state index >= 15 is 0 Å². The van der Waals surface area contributed by atoms with Crippen molar-refractivity contribution in [1.82, 2.24) is 14.1 Å². The average molecular weight is 692 g/mol. The van der Waals surface area contributed by atoms with E-state index in [0.717, 1.165) is 16.4 Å². The van der Waals surface area contributed by atoms with Gasteiger partial charge in [0.05, 0.1) is 43.5 Å². The Morgan fingerprint density at radius 1 is 0.415 bits per heavy atom. The van der Waals surface area contributed by atoms with E-state index in [2.05, 4.69) is 185 Å². The van der Waals surface area contributed by atoms with E-state index < -0.39 is 0 Å². The van der Waals surface area contributed by atoms with Crippen LogP contribution in [0.25, 0.3) is 108 Å². The van der Waals surface area contributed by atoms with Crippen molar-refractivity contribution >= 4 is 96.9 Å². The molecule has 0 saturated carbocycles. The Morgan fingerprint density at radius 2 is 1.08 bits per heavy atom. The predicted octanol–water partition coefficient (Wildman–Crippen LogP) is 13.6. The molecule has 0 atom stereocenters. The number of aromatic nitrogens is 3. The zero-order valence-electron chi connectivity index (χ0n) is 28.5. The third kappa shape index (κ3) is 4.07. The van der Waals surface area contributed by atoms with Gasteiger partial charge in [-0.25, -0.2) is 4.98 Å². The lowest BCUT2D eigenvalue weighted by Crippen LogP contribution is -1.97. The molecule has 0 aliphatic heterocycles. The molecule has 0 fully saturated rings. The van der Waals surface area contributed by atoms with E-state index in [4.69, 9.17) is 4.98 Å². The molecular formula is C49H29N3S. The number of hydrogen-bond acceptors (Lipinski definition) is 2. The van der Waals surface area contributed by atoms with E-state index in [1.54, 1.807) is 0 Å². The molecular weight excluding hydrogens is 663 g/mol. The molecule has 0 aliphatic rings. The van der Waals surface area contributed by atoms with E-state index in [1.807, 2.05) is 11.3 Å². The molecule has 4 heterocycles. The molecule has 0 spiro atoms. The Bertz CT molecular complexity index is 3460. The van der Waals surface area contributed by atoms with Gasteiger partial charge in [-0.2, -0.15) is 0 Å². The maximum Gasteiger partial charge on any atom is 0.0917 e. The van der Waals surface area contributed by atoms with Gasteiger partial charge in [0.15, 0.2) is 0 Å². The third-order valence-electron chi connectivity index (χ3n) is 11.1. The van der Waals surface area contributed by atoms with Crippen LogP contribution < -0.4 is 0 Å². The van der Waals surface area contributed by atoms with Gasteiger partial charge in [-0.3, -0.25) is 0 Å². The van der Waals surface area contributed by atoms with Crippen LogP contribution in [0, 0.1) is 0 Å². The molecule has 0 N–H and O–H groups in total. The van der Waals surface area contributed by atoms with Crippen molar-refractivity contribution in [2.75, 3.05) is 0 Å². The molecule has 0 aliphatic carbocycles. The number of pyridine rings is 1. The monoisotopic (exact) mass is 691 g/mol. The minimum Gasteiger partial charge on any atom is -0.309 e. The second-order valence-electron chi connectivity index (χ2n) is 13.9. The maximum absolute atomic E-state index is 5.25. The van der Waals surface area contributed by atoms with Gasteiger partial charge in [-0.05, 0) is 65.0 Å². The van der Waals surface area contributed by atoms with Gasteiger partial charge in [0.25, 0.3) is 0 Å². The fourth-order valence-corrected chi connectivity index (χ4v) is 9.93. The molecule has 4 aromatic heterocycles. The van der Waals surface area contributed by atoms with Gasteiger partial charge in [-0.1, -0.05) is 127 Å². The first-order chi connectivity index (χ1) is 26.3. The third-order valence-corrected chi connectivity index (χ3v) is 12.2. The van der Waals surface area contributed by atoms with Crippen LogP contribution in [0.4, 0.5) is 0 Å². The van der Waals surface area contributed by atoms with Crippen molar-refractivity contribution in [3.8, 4) is 22.5 Å². The summed E-state index contributed by atoms with van der Waals surface area (Å²) in [4.78, 5) is 5.25. The second-order valence-corrected chi connectivity index (χ2v) is 15.0. The molecule has 12 aromatic rings. The second kappa shape index (κ2) is 10.9. The Balaban J connectivity index is 1.16. The normalized spacial score (nSPS) is 12.2. The molecule has 8 aromatic carbocycles. The van der Waals surface area contributed by atoms with E-state index in [-0.39, 0.29) is 0 Å². The van der Waals surface area contributed by atoms with Crippen molar-refractivity contribution in [2.24, 2.45) is 0 Å². The Morgan fingerprint density at radius 3 is 1.98 bits per heavy atom. The molecule has 12 rings (SSSR count). The number of thiophene rings is 1. The van der Waals surface area contributed by atoms with Gasteiger partial charge in [0, 0.05) is 48.1 Å². The minimum absolute atomic E-state index is 1.01. The average Bonchev–Trinajstić information content (AvgIpc) is 3.87. The molecule has 0 amide bonds. The Labute approximate surface area is 308 Å². The fraction of sp³-hybridized carbons (Fsp3) is 0. The van der Waals surface area contributed by atoms with Crippen LogP contribution in [-0.4, -0.2) is 14.1 Å². The zero-order valence-corrected chi connectivity index (χ0v) is 29.3. The maximum atomic E-state index is 5.25. The number of rotatable bonds is 3. The highest BCUT2D eigenvalue weighted by atomic mass is 32.1. The summed E-state index contributed by atoms with van der Waals surface area (Å²) in [5.41, 5.74) is 11.7. The van der Waals surface area contributed by atoms with Gasteiger partial charge >= 0.3 is 0 Å². The summed E-state index contributed by atoms with van der Waals surface area (Å²) in [6.07, 6.45) is 0. The first-order valence-corrected chi connectivity index (χ1v) is 18.9. The highest BCUT2D eigenvalue weighted by molar-refractivity contribution is 7.26. The highest BCUT2D eigenvalue weighted by Gasteiger charge is 2.21. The number of hydrogen-bond donors (Lipinski definition) is 0. The first-order valence-electron chi connectivity index (χ1n) is 18.1. The standard InChI is InChI=1S/C49H29N3S/c1-2-13-33(14-3-1)51-43-27-24-31(28-40(43)37-26-22-30-12-4-5-15-34(30)47(37)51)32-23-25-36-35-16-7-10-20-42(35)52(44(36)29-32)48-38-17-6-9-19-41(38)50-46-39-18-8-11-21-45(39)53-49(46)48/h1-29H. The summed E-state index contributed by atoms with van der Waals surface area (Å²) in [6.45, 7) is 0. The van der Waals surface area contributed by atoms with E-state index in [1.165, 1.54) is 91.7 Å². The number of para-hydroxylation sites is 3. The largest absolute Gasteiger partial charge is 0.309 e. The molecule has 53 heavy (non-hydrogen) atoms. The van der Waals surface area contributed by atoms with Crippen LogP contribution in [0.15, 0.2) is 176 Å². The topological polar surface area (TPSA) is 22.8 Å². The molecule has 3 nitrogen and oxygen atoms in total. The van der Waals surface area contributed by atoms with Crippen LogP contribution >= 0.6 is 11.3 Å². The molecule has 4 heteroatoms. The van der Waals surface area contributed by atoms with Crippen LogP contribution in [0.1, 0.15) is 0 Å². The van der Waals surface area contributed by atoms with Gasteiger partial charge < -0.3 is 9.13 Å². The lowest BCUT2D eigenvalue weighted by molar-refractivity contribution is 1.19. The van der Waals surface area contributed by atoms with Crippen molar-refractivity contribution in [3.05, 3.63) is 176 Å². The van der Waals surface area contributed by atoms with Crippen molar-refractivity contribution < 1.29 is 0 Å². The fourth-order valence-electron chi connectivity index (χ4n) is 8.74. The van der Waals surface area contributed by atoms with Gasteiger partial charge in [-0.15, -0.1) is 11.3 Å². The lowest BCUT2D eigenvalue weighted by Gasteiger charge is -2.13. The van der Waals surface area contributed by atoms with Crippen LogP contribution in [-0.2, 0) is 0 Å². The molecule has 0 bridgehead atoms. The SMILES string of the molecule is c1ccc(-n2c3ccc(-c4ccc5c6ccccc6n(-c6c7ccccc7nc7c6sc6ccccc67)c5c4)cc3c3ccc4ccccc4c32)cc1. The highest BCUT2D eigenvalue weighted by Crippen LogP contribution is 2.44. The van der Waals surface area contributed by atoms with Gasteiger partial charge in [0.1, 0.15) is 0 Å². The summed E-state index contributed by atoms with van der Waals surface area (Å²) >= 11 is 1.84. The van der Waals surface area contributed by atoms with E-state index in [9.17, 15) is 0 Å². The number of nitrogens with zero attached hydrogens (tertiary/aromatic N) is 3. The zero-order chi connectivity index (χ0) is 34.6. The lowest BCUT2D eigenvalue weighted by atomic mass is 10.0.